The fourth-order valence-electron chi connectivity index (χ4n) is 8.19. The topological polar surface area (TPSA) is 48.5 Å². The molecule has 7 aromatic carbocycles. The first kappa shape index (κ1) is 31.9. The molecule has 0 saturated carbocycles. The quantitative estimate of drug-likeness (QED) is 0.172. The molecule has 262 valence electrons. The summed E-state index contributed by atoms with van der Waals surface area (Å²) in [6.45, 7) is 0. The number of nitrogens with zero attached hydrogens (tertiary/aromatic N) is 5. The van der Waals surface area contributed by atoms with Gasteiger partial charge < -0.3 is 9.13 Å². The summed E-state index contributed by atoms with van der Waals surface area (Å²) < 4.78 is 4.77. The zero-order chi connectivity index (χ0) is 37.0. The predicted octanol–water partition coefficient (Wildman–Crippen LogP) is 12.7. The van der Waals surface area contributed by atoms with Crippen molar-refractivity contribution in [1.29, 1.82) is 0 Å². The molecule has 11 rings (SSSR count). The molecule has 0 atom stereocenters. The van der Waals surface area contributed by atoms with E-state index in [-0.39, 0.29) is 0 Å². The van der Waals surface area contributed by atoms with Crippen LogP contribution < -0.4 is 0 Å². The van der Waals surface area contributed by atoms with Gasteiger partial charge >= 0.3 is 0 Å². The number of hydrogen-bond acceptors (Lipinski definition) is 3. The van der Waals surface area contributed by atoms with E-state index in [1.807, 2.05) is 60.7 Å². The normalized spacial score (nSPS) is 11.6. The molecule has 4 heterocycles. The van der Waals surface area contributed by atoms with Gasteiger partial charge in [-0.15, -0.1) is 0 Å². The number of pyridine rings is 1. The summed E-state index contributed by atoms with van der Waals surface area (Å²) in [6, 6.07) is 70.2. The van der Waals surface area contributed by atoms with Crippen molar-refractivity contribution in [2.45, 2.75) is 0 Å². The van der Waals surface area contributed by atoms with E-state index in [0.717, 1.165) is 72.9 Å². The highest BCUT2D eigenvalue weighted by atomic mass is 15.0. The number of benzene rings is 7. The van der Waals surface area contributed by atoms with E-state index < -0.39 is 0 Å². The Morgan fingerprint density at radius 3 is 1.21 bits per heavy atom. The molecule has 0 N–H and O–H groups in total. The van der Waals surface area contributed by atoms with Crippen LogP contribution in [0.5, 0.6) is 0 Å². The number of fused-ring (bicyclic) bond motifs is 6. The zero-order valence-electron chi connectivity index (χ0n) is 30.3. The van der Waals surface area contributed by atoms with Crippen molar-refractivity contribution >= 4 is 43.6 Å². The largest absolute Gasteiger partial charge is 0.309 e. The minimum atomic E-state index is 0.663. The lowest BCUT2D eigenvalue weighted by atomic mass is 10.1. The molecule has 0 fully saturated rings. The van der Waals surface area contributed by atoms with Crippen molar-refractivity contribution in [2.75, 3.05) is 0 Å². The second-order valence-corrected chi connectivity index (χ2v) is 14.1. The van der Waals surface area contributed by atoms with Crippen molar-refractivity contribution < 1.29 is 0 Å². The van der Waals surface area contributed by atoms with Crippen LogP contribution in [0.15, 0.2) is 200 Å². The molecule has 0 spiro atoms. The second kappa shape index (κ2) is 13.0. The molecule has 0 unspecified atom stereocenters. The standard InChI is InChI=1S/C51H33N5/c1-3-16-34(17-4-1)45-33-46(54-51(53-45)35-18-5-2-6-19-35)44-25-15-24-43(52-44)36-30-37(55-47-26-11-7-20-39(47)40-21-8-12-27-48(40)55)32-38(31-36)56-49-28-13-9-22-41(49)42-23-10-14-29-50(42)56/h1-33H. The van der Waals surface area contributed by atoms with Crippen LogP contribution in [0.1, 0.15) is 0 Å². The van der Waals surface area contributed by atoms with Gasteiger partial charge in [-0.05, 0) is 60.7 Å². The molecule has 0 aliphatic heterocycles. The number of aromatic nitrogens is 5. The summed E-state index contributed by atoms with van der Waals surface area (Å²) in [5.74, 6) is 0.663. The van der Waals surface area contributed by atoms with Crippen LogP contribution in [-0.4, -0.2) is 24.1 Å². The predicted molar refractivity (Wildman–Crippen MR) is 230 cm³/mol. The molecule has 5 nitrogen and oxygen atoms in total. The van der Waals surface area contributed by atoms with Crippen LogP contribution >= 0.6 is 0 Å². The minimum Gasteiger partial charge on any atom is -0.309 e. The highest BCUT2D eigenvalue weighted by Gasteiger charge is 2.18. The molecule has 0 saturated heterocycles. The van der Waals surface area contributed by atoms with E-state index >= 15 is 0 Å². The van der Waals surface area contributed by atoms with Gasteiger partial charge in [0.1, 0.15) is 0 Å². The number of para-hydroxylation sites is 4. The molecule has 0 amide bonds. The van der Waals surface area contributed by atoms with Crippen LogP contribution in [-0.2, 0) is 0 Å². The van der Waals surface area contributed by atoms with E-state index in [2.05, 4.69) is 149 Å². The maximum atomic E-state index is 5.37. The Bertz CT molecular complexity index is 2950. The summed E-state index contributed by atoms with van der Waals surface area (Å²) in [4.78, 5) is 15.5. The maximum Gasteiger partial charge on any atom is 0.160 e. The Morgan fingerprint density at radius 1 is 0.268 bits per heavy atom. The van der Waals surface area contributed by atoms with Gasteiger partial charge in [-0.25, -0.2) is 15.0 Å². The summed E-state index contributed by atoms with van der Waals surface area (Å²) in [5, 5.41) is 4.89. The third kappa shape index (κ3) is 5.29. The summed E-state index contributed by atoms with van der Waals surface area (Å²) in [7, 11) is 0. The van der Waals surface area contributed by atoms with Crippen molar-refractivity contribution in [3.05, 3.63) is 200 Å². The lowest BCUT2D eigenvalue weighted by Crippen LogP contribution is -2.01. The lowest BCUT2D eigenvalue weighted by molar-refractivity contribution is 1.13. The Labute approximate surface area is 323 Å². The van der Waals surface area contributed by atoms with Gasteiger partial charge in [0.2, 0.25) is 0 Å². The molecular formula is C51H33N5. The van der Waals surface area contributed by atoms with E-state index in [0.29, 0.717) is 5.82 Å². The van der Waals surface area contributed by atoms with Gasteiger partial charge in [0.05, 0.1) is 44.8 Å². The highest BCUT2D eigenvalue weighted by molar-refractivity contribution is 6.10. The summed E-state index contributed by atoms with van der Waals surface area (Å²) in [6.07, 6.45) is 0. The smallest absolute Gasteiger partial charge is 0.160 e. The average Bonchev–Trinajstić information content (AvgIpc) is 3.80. The second-order valence-electron chi connectivity index (χ2n) is 14.1. The van der Waals surface area contributed by atoms with Crippen molar-refractivity contribution in [2.24, 2.45) is 0 Å². The third-order valence-electron chi connectivity index (χ3n) is 10.7. The molecule has 5 heteroatoms. The van der Waals surface area contributed by atoms with Crippen LogP contribution in [0.3, 0.4) is 0 Å². The van der Waals surface area contributed by atoms with E-state index in [1.54, 1.807) is 0 Å². The SMILES string of the molecule is c1ccc(-c2cc(-c3cccc(-c4cc(-n5c6ccccc6c6ccccc65)cc(-n5c6ccccc6c6ccccc65)c4)n3)nc(-c3ccccc3)n2)cc1. The third-order valence-corrected chi connectivity index (χ3v) is 10.7. The fourth-order valence-corrected chi connectivity index (χ4v) is 8.19. The average molecular weight is 716 g/mol. The Kier molecular flexibility index (Phi) is 7.42. The maximum absolute atomic E-state index is 5.37. The van der Waals surface area contributed by atoms with Crippen molar-refractivity contribution in [3.63, 3.8) is 0 Å². The first-order valence-electron chi connectivity index (χ1n) is 18.9. The monoisotopic (exact) mass is 715 g/mol. The van der Waals surface area contributed by atoms with Crippen LogP contribution in [0.2, 0.25) is 0 Å². The van der Waals surface area contributed by atoms with Crippen LogP contribution in [0.25, 0.3) is 100 Å². The van der Waals surface area contributed by atoms with Gasteiger partial charge in [0.15, 0.2) is 5.82 Å². The van der Waals surface area contributed by atoms with E-state index in [9.17, 15) is 0 Å². The van der Waals surface area contributed by atoms with E-state index in [1.165, 1.54) is 21.5 Å². The summed E-state index contributed by atoms with van der Waals surface area (Å²) in [5.41, 5.74) is 13.0. The fraction of sp³-hybridized carbons (Fsp3) is 0. The molecule has 0 bridgehead atoms. The molecule has 56 heavy (non-hydrogen) atoms. The summed E-state index contributed by atoms with van der Waals surface area (Å²) >= 11 is 0. The van der Waals surface area contributed by atoms with E-state index in [4.69, 9.17) is 15.0 Å². The van der Waals surface area contributed by atoms with Crippen molar-refractivity contribution in [3.8, 4) is 56.7 Å². The van der Waals surface area contributed by atoms with Gasteiger partial charge in [0.25, 0.3) is 0 Å². The molecule has 0 radical (unpaired) electrons. The van der Waals surface area contributed by atoms with Crippen LogP contribution in [0.4, 0.5) is 0 Å². The Hall–Kier alpha value is -7.63. The first-order valence-corrected chi connectivity index (χ1v) is 18.9. The van der Waals surface area contributed by atoms with Gasteiger partial charge in [0, 0.05) is 49.6 Å². The molecule has 0 aliphatic carbocycles. The molecule has 11 aromatic rings. The molecule has 4 aromatic heterocycles. The minimum absolute atomic E-state index is 0.663. The van der Waals surface area contributed by atoms with Gasteiger partial charge in [-0.1, -0.05) is 140 Å². The molecular weight excluding hydrogens is 683 g/mol. The lowest BCUT2D eigenvalue weighted by Gasteiger charge is -2.16. The van der Waals surface area contributed by atoms with Crippen molar-refractivity contribution in [1.82, 2.24) is 24.1 Å². The zero-order valence-corrected chi connectivity index (χ0v) is 30.3. The van der Waals surface area contributed by atoms with Gasteiger partial charge in [-0.3, -0.25) is 0 Å². The van der Waals surface area contributed by atoms with Crippen LogP contribution in [0, 0.1) is 0 Å². The Morgan fingerprint density at radius 2 is 0.696 bits per heavy atom. The first-order chi connectivity index (χ1) is 27.8. The number of rotatable bonds is 6. The van der Waals surface area contributed by atoms with Gasteiger partial charge in [-0.2, -0.15) is 0 Å². The Balaban J connectivity index is 1.16. The number of hydrogen-bond donors (Lipinski definition) is 0. The highest BCUT2D eigenvalue weighted by Crippen LogP contribution is 2.38. The molecule has 0 aliphatic rings.